The molecule has 0 bridgehead atoms. The molecule has 2 heterocycles. The third-order valence-corrected chi connectivity index (χ3v) is 2.65. The summed E-state index contributed by atoms with van der Waals surface area (Å²) in [7, 11) is 0. The summed E-state index contributed by atoms with van der Waals surface area (Å²) in [6.45, 7) is 0.788. The Hall–Kier alpha value is -1.83. The molecule has 0 radical (unpaired) electrons. The van der Waals surface area contributed by atoms with Crippen LogP contribution >= 0.6 is 0 Å². The Morgan fingerprint density at radius 1 is 1.27 bits per heavy atom. The van der Waals surface area contributed by atoms with E-state index in [9.17, 15) is 0 Å². The number of hydrogen-bond donors (Lipinski definition) is 0. The van der Waals surface area contributed by atoms with Crippen LogP contribution in [0.5, 0.6) is 0 Å². The fraction of sp³-hybridized carbons (Fsp3) is 0.154. The molecule has 0 amide bonds. The van der Waals surface area contributed by atoms with Gasteiger partial charge in [-0.15, -0.1) is 0 Å². The molecule has 0 saturated heterocycles. The monoisotopic (exact) mass is 197 g/mol. The smallest absolute Gasteiger partial charge is 0.134 e. The van der Waals surface area contributed by atoms with E-state index in [1.54, 1.807) is 0 Å². The Morgan fingerprint density at radius 3 is 3.00 bits per heavy atom. The van der Waals surface area contributed by atoms with Gasteiger partial charge in [-0.3, -0.25) is 4.99 Å². The van der Waals surface area contributed by atoms with Gasteiger partial charge in [0.25, 0.3) is 0 Å². The molecule has 0 spiro atoms. The lowest BCUT2D eigenvalue weighted by Crippen LogP contribution is -2.01. The van der Waals surface area contributed by atoms with E-state index < -0.39 is 0 Å². The Balaban J connectivity index is 2.04. The van der Waals surface area contributed by atoms with Gasteiger partial charge in [0.15, 0.2) is 0 Å². The molecule has 2 aromatic rings. The van der Waals surface area contributed by atoms with Gasteiger partial charge in [0.1, 0.15) is 11.3 Å². The van der Waals surface area contributed by atoms with Gasteiger partial charge in [-0.05, 0) is 18.2 Å². The van der Waals surface area contributed by atoms with Crippen LogP contribution in [0.15, 0.2) is 51.9 Å². The highest BCUT2D eigenvalue weighted by Gasteiger charge is 2.13. The third kappa shape index (κ3) is 1.48. The zero-order valence-corrected chi connectivity index (χ0v) is 8.26. The number of nitrogens with zero attached hydrogens (tertiary/aromatic N) is 1. The SMILES string of the molecule is C1=CC(c2cc3ccccc3o2)CN=C1. The maximum Gasteiger partial charge on any atom is 0.134 e. The van der Waals surface area contributed by atoms with Gasteiger partial charge in [-0.2, -0.15) is 0 Å². The molecule has 0 fully saturated rings. The lowest BCUT2D eigenvalue weighted by Gasteiger charge is -2.08. The highest BCUT2D eigenvalue weighted by atomic mass is 16.3. The highest BCUT2D eigenvalue weighted by molar-refractivity contribution is 5.78. The number of rotatable bonds is 1. The Labute approximate surface area is 87.9 Å². The number of para-hydroxylation sites is 1. The maximum absolute atomic E-state index is 5.78. The number of hydrogen-bond acceptors (Lipinski definition) is 2. The molecule has 2 heteroatoms. The van der Waals surface area contributed by atoms with Gasteiger partial charge in [0.2, 0.25) is 0 Å². The minimum absolute atomic E-state index is 0.294. The summed E-state index contributed by atoms with van der Waals surface area (Å²) in [6.07, 6.45) is 5.94. The number of furan rings is 1. The first-order chi connectivity index (χ1) is 7.43. The Bertz CT molecular complexity index is 503. The van der Waals surface area contributed by atoms with Crippen LogP contribution < -0.4 is 0 Å². The summed E-state index contributed by atoms with van der Waals surface area (Å²) in [6, 6.07) is 10.2. The maximum atomic E-state index is 5.78. The minimum atomic E-state index is 0.294. The summed E-state index contributed by atoms with van der Waals surface area (Å²) in [5.41, 5.74) is 0.954. The number of fused-ring (bicyclic) bond motifs is 1. The molecular formula is C13H11NO. The van der Waals surface area contributed by atoms with Crippen molar-refractivity contribution in [3.8, 4) is 0 Å². The molecule has 1 atom stereocenters. The van der Waals surface area contributed by atoms with Gasteiger partial charge in [-0.1, -0.05) is 24.3 Å². The topological polar surface area (TPSA) is 25.5 Å². The van der Waals surface area contributed by atoms with Crippen LogP contribution in [-0.2, 0) is 0 Å². The standard InChI is InChI=1S/C13H11NO/c1-2-6-12-10(4-1)8-13(15-12)11-5-3-7-14-9-11/h1-8,11H,9H2. The molecule has 0 aliphatic carbocycles. The van der Waals surface area contributed by atoms with Crippen molar-refractivity contribution in [1.29, 1.82) is 0 Å². The predicted molar refractivity (Wildman–Crippen MR) is 61.5 cm³/mol. The van der Waals surface area contributed by atoms with E-state index in [-0.39, 0.29) is 0 Å². The zero-order valence-electron chi connectivity index (χ0n) is 8.26. The molecule has 0 saturated carbocycles. The van der Waals surface area contributed by atoms with E-state index in [0.717, 1.165) is 23.3 Å². The highest BCUT2D eigenvalue weighted by Crippen LogP contribution is 2.26. The fourth-order valence-electron chi connectivity index (χ4n) is 1.85. The zero-order chi connectivity index (χ0) is 10.1. The number of aliphatic imine (C=N–C) groups is 1. The molecule has 3 rings (SSSR count). The third-order valence-electron chi connectivity index (χ3n) is 2.65. The summed E-state index contributed by atoms with van der Waals surface area (Å²) in [5.74, 6) is 1.30. The van der Waals surface area contributed by atoms with Crippen LogP contribution in [0, 0.1) is 0 Å². The average molecular weight is 197 g/mol. The van der Waals surface area contributed by atoms with E-state index in [1.807, 2.05) is 30.5 Å². The van der Waals surface area contributed by atoms with Crippen molar-refractivity contribution in [3.63, 3.8) is 0 Å². The van der Waals surface area contributed by atoms with E-state index in [2.05, 4.69) is 23.2 Å². The molecule has 1 aromatic heterocycles. The van der Waals surface area contributed by atoms with E-state index in [0.29, 0.717) is 5.92 Å². The molecule has 0 N–H and O–H groups in total. The van der Waals surface area contributed by atoms with Gasteiger partial charge >= 0.3 is 0 Å². The van der Waals surface area contributed by atoms with Crippen LogP contribution in [0.3, 0.4) is 0 Å². The van der Waals surface area contributed by atoms with Crippen molar-refractivity contribution in [2.24, 2.45) is 4.99 Å². The molecule has 1 aliphatic heterocycles. The molecular weight excluding hydrogens is 186 g/mol. The quantitative estimate of drug-likeness (QED) is 0.689. The van der Waals surface area contributed by atoms with Crippen molar-refractivity contribution < 1.29 is 4.42 Å². The first-order valence-electron chi connectivity index (χ1n) is 5.08. The van der Waals surface area contributed by atoms with Crippen molar-refractivity contribution in [3.05, 3.63) is 48.2 Å². The fourth-order valence-corrected chi connectivity index (χ4v) is 1.85. The molecule has 74 valence electrons. The van der Waals surface area contributed by atoms with Gasteiger partial charge in [0, 0.05) is 11.6 Å². The first-order valence-corrected chi connectivity index (χ1v) is 5.08. The summed E-state index contributed by atoms with van der Waals surface area (Å²) in [4.78, 5) is 4.23. The summed E-state index contributed by atoms with van der Waals surface area (Å²) < 4.78 is 5.78. The van der Waals surface area contributed by atoms with Crippen molar-refractivity contribution in [2.45, 2.75) is 5.92 Å². The van der Waals surface area contributed by atoms with Crippen LogP contribution in [0.25, 0.3) is 11.0 Å². The van der Waals surface area contributed by atoms with Crippen LogP contribution in [0.4, 0.5) is 0 Å². The van der Waals surface area contributed by atoms with Crippen molar-refractivity contribution in [1.82, 2.24) is 0 Å². The summed E-state index contributed by atoms with van der Waals surface area (Å²) >= 11 is 0. The van der Waals surface area contributed by atoms with Gasteiger partial charge in [-0.25, -0.2) is 0 Å². The van der Waals surface area contributed by atoms with E-state index in [4.69, 9.17) is 4.42 Å². The molecule has 1 unspecified atom stereocenters. The first kappa shape index (κ1) is 8.48. The van der Waals surface area contributed by atoms with Gasteiger partial charge in [0.05, 0.1) is 12.5 Å². The number of allylic oxidation sites excluding steroid dienone is 1. The van der Waals surface area contributed by atoms with Gasteiger partial charge < -0.3 is 4.42 Å². The van der Waals surface area contributed by atoms with Crippen molar-refractivity contribution in [2.75, 3.05) is 6.54 Å². The summed E-state index contributed by atoms with van der Waals surface area (Å²) in [5, 5.41) is 1.16. The van der Waals surface area contributed by atoms with Crippen LogP contribution in [0.1, 0.15) is 11.7 Å². The number of dihydropyridines is 1. The van der Waals surface area contributed by atoms with Crippen LogP contribution in [0.2, 0.25) is 0 Å². The van der Waals surface area contributed by atoms with E-state index >= 15 is 0 Å². The minimum Gasteiger partial charge on any atom is -0.460 e. The van der Waals surface area contributed by atoms with Crippen LogP contribution in [-0.4, -0.2) is 12.8 Å². The second-order valence-corrected chi connectivity index (χ2v) is 3.69. The lowest BCUT2D eigenvalue weighted by molar-refractivity contribution is 0.527. The molecule has 2 nitrogen and oxygen atoms in total. The lowest BCUT2D eigenvalue weighted by atomic mass is 10.0. The largest absolute Gasteiger partial charge is 0.460 e. The second-order valence-electron chi connectivity index (χ2n) is 3.69. The Kier molecular flexibility index (Phi) is 1.91. The average Bonchev–Trinajstić information content (AvgIpc) is 2.74. The molecule has 15 heavy (non-hydrogen) atoms. The predicted octanol–water partition coefficient (Wildman–Crippen LogP) is 3.16. The molecule has 1 aromatic carbocycles. The Morgan fingerprint density at radius 2 is 2.20 bits per heavy atom. The normalized spacial score (nSPS) is 19.9. The molecule has 1 aliphatic rings. The second kappa shape index (κ2) is 3.39. The number of benzene rings is 1. The van der Waals surface area contributed by atoms with Crippen molar-refractivity contribution >= 4 is 17.2 Å². The van der Waals surface area contributed by atoms with E-state index in [1.165, 1.54) is 0 Å².